The van der Waals surface area contributed by atoms with Crippen molar-refractivity contribution in [3.8, 4) is 11.3 Å². The van der Waals surface area contributed by atoms with Crippen molar-refractivity contribution in [2.75, 3.05) is 0 Å². The number of aromatic amines is 1. The van der Waals surface area contributed by atoms with Crippen molar-refractivity contribution >= 4 is 11.5 Å². The molecule has 1 aliphatic rings. The van der Waals surface area contributed by atoms with Gasteiger partial charge in [-0.15, -0.1) is 0 Å². The molecule has 102 valence electrons. The fraction of sp³-hybridized carbons (Fsp3) is 0.286. The zero-order chi connectivity index (χ0) is 14.7. The maximum absolute atomic E-state index is 12.5. The van der Waals surface area contributed by atoms with Crippen LogP contribution in [-0.2, 0) is 5.41 Å². The number of rotatable bonds is 1. The molecule has 1 aliphatic carbocycles. The molecule has 1 aromatic carbocycles. The van der Waals surface area contributed by atoms with Crippen molar-refractivity contribution in [3.63, 3.8) is 0 Å². The number of nitrogens with zero attached hydrogens (tertiary/aromatic N) is 2. The number of carbonyl (C=O) groups excluding carboxylic acids is 1. The molecule has 0 saturated heterocycles. The van der Waals surface area contributed by atoms with Gasteiger partial charge in [-0.25, -0.2) is 0 Å². The number of aromatic nitrogens is 2. The first-order chi connectivity index (χ1) is 9.30. The minimum atomic E-state index is -0.499. The number of ketones is 1. The van der Waals surface area contributed by atoms with E-state index in [1.807, 2.05) is 20.8 Å². The van der Waals surface area contributed by atoms with E-state index in [-0.39, 0.29) is 16.9 Å². The van der Waals surface area contributed by atoms with Gasteiger partial charge in [0.2, 0.25) is 0 Å². The van der Waals surface area contributed by atoms with Gasteiger partial charge < -0.3 is 0 Å². The first-order valence-electron chi connectivity index (χ1n) is 6.23. The van der Waals surface area contributed by atoms with Gasteiger partial charge in [-0.05, 0) is 6.07 Å². The molecular weight excluding hydrogens is 258 g/mol. The van der Waals surface area contributed by atoms with Gasteiger partial charge in [0.05, 0.1) is 16.2 Å². The molecule has 0 saturated carbocycles. The van der Waals surface area contributed by atoms with Crippen molar-refractivity contribution < 1.29 is 9.72 Å². The predicted molar refractivity (Wildman–Crippen MR) is 72.8 cm³/mol. The van der Waals surface area contributed by atoms with E-state index in [4.69, 9.17) is 0 Å². The molecular formula is C14H13N3O3. The Morgan fingerprint density at radius 2 is 1.95 bits per heavy atom. The van der Waals surface area contributed by atoms with Crippen molar-refractivity contribution in [1.29, 1.82) is 0 Å². The van der Waals surface area contributed by atoms with E-state index in [9.17, 15) is 14.9 Å². The second kappa shape index (κ2) is 3.75. The Kier molecular flexibility index (Phi) is 2.35. The molecule has 0 unspecified atom stereocenters. The molecule has 0 radical (unpaired) electrons. The Bertz CT molecular complexity index is 754. The van der Waals surface area contributed by atoms with Gasteiger partial charge in [-0.3, -0.25) is 20.0 Å². The molecule has 1 N–H and O–H groups in total. The quantitative estimate of drug-likeness (QED) is 0.544. The van der Waals surface area contributed by atoms with Crippen LogP contribution in [0.15, 0.2) is 18.2 Å². The number of nitro groups is 1. The standard InChI is InChI=1S/C14H13N3O3/c1-14(2,3)13-10-11(15-16-13)8-5-4-7(17(19)20)6-9(8)12(10)18/h4-6H,1-3H3,(H,15,16). The molecule has 0 spiro atoms. The third-order valence-corrected chi connectivity index (χ3v) is 3.46. The van der Waals surface area contributed by atoms with E-state index in [1.54, 1.807) is 6.07 Å². The minimum Gasteiger partial charge on any atom is -0.288 e. The Morgan fingerprint density at radius 3 is 2.55 bits per heavy atom. The summed E-state index contributed by atoms with van der Waals surface area (Å²) in [5.41, 5.74) is 2.57. The van der Waals surface area contributed by atoms with Crippen LogP contribution in [0, 0.1) is 10.1 Å². The van der Waals surface area contributed by atoms with Crippen LogP contribution in [0.4, 0.5) is 5.69 Å². The zero-order valence-corrected chi connectivity index (χ0v) is 11.4. The maximum atomic E-state index is 12.5. The van der Waals surface area contributed by atoms with E-state index >= 15 is 0 Å². The fourth-order valence-electron chi connectivity index (χ4n) is 2.48. The largest absolute Gasteiger partial charge is 0.288 e. The summed E-state index contributed by atoms with van der Waals surface area (Å²) in [6, 6.07) is 4.31. The molecule has 0 atom stereocenters. The zero-order valence-electron chi connectivity index (χ0n) is 11.4. The highest BCUT2D eigenvalue weighted by Crippen LogP contribution is 2.41. The number of fused-ring (bicyclic) bond motifs is 3. The van der Waals surface area contributed by atoms with E-state index in [0.717, 1.165) is 5.69 Å². The van der Waals surface area contributed by atoms with Gasteiger partial charge in [0.15, 0.2) is 5.78 Å². The number of non-ortho nitro benzene ring substituents is 1. The van der Waals surface area contributed by atoms with Crippen LogP contribution < -0.4 is 0 Å². The highest BCUT2D eigenvalue weighted by Gasteiger charge is 2.36. The molecule has 0 amide bonds. The summed E-state index contributed by atoms with van der Waals surface area (Å²) < 4.78 is 0. The number of nitrogens with one attached hydrogen (secondary N) is 1. The number of carbonyl (C=O) groups is 1. The molecule has 20 heavy (non-hydrogen) atoms. The lowest BCUT2D eigenvalue weighted by Gasteiger charge is -2.17. The maximum Gasteiger partial charge on any atom is 0.270 e. The number of hydrogen-bond donors (Lipinski definition) is 1. The lowest BCUT2D eigenvalue weighted by atomic mass is 9.88. The summed E-state index contributed by atoms with van der Waals surface area (Å²) in [4.78, 5) is 22.8. The van der Waals surface area contributed by atoms with Crippen LogP contribution >= 0.6 is 0 Å². The average Bonchev–Trinajstić information content (AvgIpc) is 2.90. The van der Waals surface area contributed by atoms with E-state index in [1.165, 1.54) is 12.1 Å². The van der Waals surface area contributed by atoms with Crippen LogP contribution in [0.2, 0.25) is 0 Å². The second-order valence-electron chi connectivity index (χ2n) is 5.89. The van der Waals surface area contributed by atoms with Gasteiger partial charge in [-0.1, -0.05) is 20.8 Å². The van der Waals surface area contributed by atoms with Gasteiger partial charge in [0.1, 0.15) is 5.69 Å². The summed E-state index contributed by atoms with van der Waals surface area (Å²) in [7, 11) is 0. The van der Waals surface area contributed by atoms with Gasteiger partial charge >= 0.3 is 0 Å². The van der Waals surface area contributed by atoms with E-state index < -0.39 is 4.92 Å². The molecule has 0 fully saturated rings. The molecule has 6 heteroatoms. The Balaban J connectivity index is 2.22. The third-order valence-electron chi connectivity index (χ3n) is 3.46. The Labute approximate surface area is 115 Å². The van der Waals surface area contributed by atoms with Gasteiger partial charge in [0.25, 0.3) is 5.69 Å². The Morgan fingerprint density at radius 1 is 1.25 bits per heavy atom. The summed E-state index contributed by atoms with van der Waals surface area (Å²) in [6.07, 6.45) is 0. The third kappa shape index (κ3) is 1.57. The first kappa shape index (κ1) is 12.5. The topological polar surface area (TPSA) is 88.9 Å². The molecule has 6 nitrogen and oxygen atoms in total. The van der Waals surface area contributed by atoms with Crippen molar-refractivity contribution in [2.24, 2.45) is 0 Å². The highest BCUT2D eigenvalue weighted by atomic mass is 16.6. The fourth-order valence-corrected chi connectivity index (χ4v) is 2.48. The van der Waals surface area contributed by atoms with Crippen LogP contribution in [0.3, 0.4) is 0 Å². The number of nitro benzene ring substituents is 1. The highest BCUT2D eigenvalue weighted by molar-refractivity contribution is 6.22. The second-order valence-corrected chi connectivity index (χ2v) is 5.89. The average molecular weight is 271 g/mol. The van der Waals surface area contributed by atoms with Gasteiger partial charge in [-0.2, -0.15) is 5.10 Å². The minimum absolute atomic E-state index is 0.0801. The summed E-state index contributed by atoms with van der Waals surface area (Å²) in [5.74, 6) is -0.197. The molecule has 0 aliphatic heterocycles. The molecule has 2 aromatic rings. The van der Waals surface area contributed by atoms with Crippen LogP contribution in [0.5, 0.6) is 0 Å². The lowest BCUT2D eigenvalue weighted by Crippen LogP contribution is -2.16. The van der Waals surface area contributed by atoms with E-state index in [0.29, 0.717) is 22.4 Å². The van der Waals surface area contributed by atoms with E-state index in [2.05, 4.69) is 10.2 Å². The van der Waals surface area contributed by atoms with Crippen molar-refractivity contribution in [2.45, 2.75) is 26.2 Å². The summed E-state index contributed by atoms with van der Waals surface area (Å²) >= 11 is 0. The van der Waals surface area contributed by atoms with Crippen LogP contribution in [0.25, 0.3) is 11.3 Å². The number of H-pyrrole nitrogens is 1. The van der Waals surface area contributed by atoms with Crippen LogP contribution in [-0.4, -0.2) is 20.9 Å². The van der Waals surface area contributed by atoms with Crippen molar-refractivity contribution in [1.82, 2.24) is 10.2 Å². The summed E-state index contributed by atoms with van der Waals surface area (Å²) in [6.45, 7) is 5.96. The molecule has 3 rings (SSSR count). The smallest absolute Gasteiger partial charge is 0.270 e. The molecule has 1 heterocycles. The first-order valence-corrected chi connectivity index (χ1v) is 6.23. The van der Waals surface area contributed by atoms with Crippen molar-refractivity contribution in [3.05, 3.63) is 45.1 Å². The van der Waals surface area contributed by atoms with Crippen LogP contribution in [0.1, 0.15) is 42.4 Å². The molecule has 0 bridgehead atoms. The number of hydrogen-bond acceptors (Lipinski definition) is 4. The molecule has 1 aromatic heterocycles. The monoisotopic (exact) mass is 271 g/mol. The SMILES string of the molecule is CC(C)(C)c1[nH]nc2c1C(=O)c1cc([N+](=O)[O-])ccc1-2. The normalized spacial score (nSPS) is 13.2. The van der Waals surface area contributed by atoms with Gasteiger partial charge in [0, 0.05) is 28.7 Å². The number of benzene rings is 1. The predicted octanol–water partition coefficient (Wildman–Crippen LogP) is 2.83. The Hall–Kier alpha value is -2.50. The lowest BCUT2D eigenvalue weighted by molar-refractivity contribution is -0.384. The summed E-state index contributed by atoms with van der Waals surface area (Å²) in [5, 5.41) is 18.0.